The predicted molar refractivity (Wildman–Crippen MR) is 151 cm³/mol. The van der Waals surface area contributed by atoms with E-state index in [-0.39, 0.29) is 11.5 Å². The lowest BCUT2D eigenvalue weighted by Gasteiger charge is -2.31. The Balaban J connectivity index is 1.90. The number of nitrogens with zero attached hydrogens (tertiary/aromatic N) is 3. The molecule has 0 aliphatic heterocycles. The fourth-order valence-corrected chi connectivity index (χ4v) is 4.72. The van der Waals surface area contributed by atoms with E-state index in [1.54, 1.807) is 48.0 Å². The van der Waals surface area contributed by atoms with Crippen LogP contribution in [0.15, 0.2) is 71.5 Å². The Morgan fingerprint density at radius 1 is 0.974 bits per heavy atom. The molecule has 4 rings (SSSR count). The molecule has 0 aliphatic rings. The highest BCUT2D eigenvalue weighted by atomic mass is 16.5. The zero-order valence-electron chi connectivity index (χ0n) is 22.7. The summed E-state index contributed by atoms with van der Waals surface area (Å²) in [7, 11) is 3.12. The maximum atomic E-state index is 14.1. The van der Waals surface area contributed by atoms with Crippen LogP contribution >= 0.6 is 0 Å². The van der Waals surface area contributed by atoms with Gasteiger partial charge in [0.05, 0.1) is 36.9 Å². The van der Waals surface area contributed by atoms with Gasteiger partial charge in [-0.3, -0.25) is 14.2 Å². The van der Waals surface area contributed by atoms with Gasteiger partial charge in [-0.2, -0.15) is 0 Å². The Morgan fingerprint density at radius 3 is 2.29 bits per heavy atom. The number of benzene rings is 3. The third kappa shape index (κ3) is 5.42. The van der Waals surface area contributed by atoms with Crippen molar-refractivity contribution in [1.29, 1.82) is 0 Å². The van der Waals surface area contributed by atoms with Crippen molar-refractivity contribution < 1.29 is 14.3 Å². The van der Waals surface area contributed by atoms with Crippen molar-refractivity contribution in [2.24, 2.45) is 0 Å². The van der Waals surface area contributed by atoms with E-state index < -0.39 is 6.04 Å². The molecule has 1 amide bonds. The molecule has 0 saturated carbocycles. The van der Waals surface area contributed by atoms with Gasteiger partial charge in [-0.25, -0.2) is 4.98 Å². The van der Waals surface area contributed by atoms with Gasteiger partial charge < -0.3 is 14.4 Å². The van der Waals surface area contributed by atoms with Crippen LogP contribution in [0.4, 0.5) is 0 Å². The molecular formula is C31H35N3O4. The second-order valence-corrected chi connectivity index (χ2v) is 9.40. The van der Waals surface area contributed by atoms with Gasteiger partial charge in [0.15, 0.2) is 0 Å². The fourth-order valence-electron chi connectivity index (χ4n) is 4.72. The number of aromatic nitrogens is 2. The first kappa shape index (κ1) is 26.9. The SMILES string of the molecule is CCCCCN(C(=O)c1cc(OC)cc(OC)c1)C(C)c1nc2ccccc2c(=O)n1-c1ccccc1C. The second-order valence-electron chi connectivity index (χ2n) is 9.40. The summed E-state index contributed by atoms with van der Waals surface area (Å²) in [6, 6.07) is 19.8. The molecule has 0 saturated heterocycles. The normalized spacial score (nSPS) is 11.8. The molecule has 0 spiro atoms. The molecule has 0 bridgehead atoms. The quantitative estimate of drug-likeness (QED) is 0.239. The van der Waals surface area contributed by atoms with E-state index >= 15 is 0 Å². The minimum Gasteiger partial charge on any atom is -0.497 e. The van der Waals surface area contributed by atoms with Gasteiger partial charge in [0.2, 0.25) is 0 Å². The third-order valence-corrected chi connectivity index (χ3v) is 6.86. The molecule has 0 fully saturated rings. The van der Waals surface area contributed by atoms with E-state index in [4.69, 9.17) is 14.5 Å². The Morgan fingerprint density at radius 2 is 1.63 bits per heavy atom. The second kappa shape index (κ2) is 11.9. The lowest BCUT2D eigenvalue weighted by Crippen LogP contribution is -2.38. The van der Waals surface area contributed by atoms with Gasteiger partial charge in [-0.15, -0.1) is 0 Å². The minimum absolute atomic E-state index is 0.157. The highest BCUT2D eigenvalue weighted by molar-refractivity contribution is 5.95. The zero-order chi connectivity index (χ0) is 27.2. The molecule has 1 atom stereocenters. The molecule has 0 aliphatic carbocycles. The predicted octanol–water partition coefficient (Wildman–Crippen LogP) is 6.10. The number of hydrogen-bond donors (Lipinski definition) is 0. The minimum atomic E-state index is -0.492. The molecule has 1 unspecified atom stereocenters. The molecule has 3 aromatic carbocycles. The van der Waals surface area contributed by atoms with Gasteiger partial charge >= 0.3 is 0 Å². The summed E-state index contributed by atoms with van der Waals surface area (Å²) in [6.07, 6.45) is 2.83. The summed E-state index contributed by atoms with van der Waals surface area (Å²) in [5.74, 6) is 1.41. The first-order chi connectivity index (χ1) is 18.4. The zero-order valence-corrected chi connectivity index (χ0v) is 22.7. The van der Waals surface area contributed by atoms with E-state index in [1.807, 2.05) is 56.3 Å². The first-order valence-corrected chi connectivity index (χ1v) is 13.0. The standard InChI is InChI=1S/C31H35N3O4/c1-6-7-12-17-33(30(35)23-18-24(37-4)20-25(19-23)38-5)22(3)29-32-27-15-10-9-14-26(27)31(36)34(29)28-16-11-8-13-21(28)2/h8-11,13-16,18-20,22H,6-7,12,17H2,1-5H3. The Labute approximate surface area is 223 Å². The number of hydrogen-bond acceptors (Lipinski definition) is 5. The van der Waals surface area contributed by atoms with E-state index in [9.17, 15) is 9.59 Å². The number of unbranched alkanes of at least 4 members (excludes halogenated alkanes) is 2. The molecule has 7 heteroatoms. The maximum absolute atomic E-state index is 14.1. The number of aryl methyl sites for hydroxylation is 1. The van der Waals surface area contributed by atoms with E-state index in [0.29, 0.717) is 40.3 Å². The molecule has 4 aromatic rings. The Kier molecular flexibility index (Phi) is 8.46. The molecule has 7 nitrogen and oxygen atoms in total. The molecule has 0 radical (unpaired) electrons. The van der Waals surface area contributed by atoms with Crippen molar-refractivity contribution in [3.05, 3.63) is 94.0 Å². The molecule has 1 aromatic heterocycles. The smallest absolute Gasteiger partial charge is 0.266 e. The summed E-state index contributed by atoms with van der Waals surface area (Å²) in [4.78, 5) is 34.7. The summed E-state index contributed by atoms with van der Waals surface area (Å²) < 4.78 is 12.5. The van der Waals surface area contributed by atoms with Gasteiger partial charge in [0, 0.05) is 18.2 Å². The molecule has 0 N–H and O–H groups in total. The number of fused-ring (bicyclic) bond motifs is 1. The average Bonchev–Trinajstić information content (AvgIpc) is 2.95. The van der Waals surface area contributed by atoms with Crippen molar-refractivity contribution >= 4 is 16.8 Å². The van der Waals surface area contributed by atoms with E-state index in [2.05, 4.69) is 6.92 Å². The van der Waals surface area contributed by atoms with Crippen LogP contribution in [0.5, 0.6) is 11.5 Å². The van der Waals surface area contributed by atoms with Crippen LogP contribution in [0.2, 0.25) is 0 Å². The number of carbonyl (C=O) groups is 1. The number of rotatable bonds is 10. The summed E-state index contributed by atoms with van der Waals surface area (Å²) in [6.45, 7) is 6.55. The van der Waals surface area contributed by atoms with Gasteiger partial charge in [-0.05, 0) is 56.2 Å². The lowest BCUT2D eigenvalue weighted by molar-refractivity contribution is 0.0676. The lowest BCUT2D eigenvalue weighted by atomic mass is 10.1. The molecule has 198 valence electrons. The number of methoxy groups -OCH3 is 2. The molecule has 1 heterocycles. The highest BCUT2D eigenvalue weighted by Gasteiger charge is 2.28. The van der Waals surface area contributed by atoms with Crippen LogP contribution in [-0.4, -0.2) is 41.1 Å². The van der Waals surface area contributed by atoms with Crippen LogP contribution < -0.4 is 15.0 Å². The maximum Gasteiger partial charge on any atom is 0.266 e. The van der Waals surface area contributed by atoms with Gasteiger partial charge in [-0.1, -0.05) is 50.1 Å². The van der Waals surface area contributed by atoms with E-state index in [1.165, 1.54) is 0 Å². The van der Waals surface area contributed by atoms with Gasteiger partial charge in [0.25, 0.3) is 11.5 Å². The summed E-state index contributed by atoms with van der Waals surface area (Å²) in [5.41, 5.74) is 2.60. The Hall–Kier alpha value is -4.13. The molecule has 38 heavy (non-hydrogen) atoms. The third-order valence-electron chi connectivity index (χ3n) is 6.86. The van der Waals surface area contributed by atoms with Crippen LogP contribution in [-0.2, 0) is 0 Å². The number of ether oxygens (including phenoxy) is 2. The van der Waals surface area contributed by atoms with Crippen LogP contribution in [0.1, 0.15) is 60.9 Å². The first-order valence-electron chi connectivity index (χ1n) is 13.0. The molecular weight excluding hydrogens is 478 g/mol. The number of para-hydroxylation sites is 2. The number of amides is 1. The Bertz CT molecular complexity index is 1470. The van der Waals surface area contributed by atoms with Crippen molar-refractivity contribution in [3.63, 3.8) is 0 Å². The van der Waals surface area contributed by atoms with Gasteiger partial charge in [0.1, 0.15) is 17.3 Å². The van der Waals surface area contributed by atoms with Crippen molar-refractivity contribution in [1.82, 2.24) is 14.5 Å². The number of carbonyl (C=O) groups excluding carboxylic acids is 1. The van der Waals surface area contributed by atoms with E-state index in [0.717, 1.165) is 30.5 Å². The topological polar surface area (TPSA) is 73.7 Å². The monoisotopic (exact) mass is 513 g/mol. The van der Waals surface area contributed by atoms with Crippen LogP contribution in [0.25, 0.3) is 16.6 Å². The highest BCUT2D eigenvalue weighted by Crippen LogP contribution is 2.29. The summed E-state index contributed by atoms with van der Waals surface area (Å²) in [5, 5.41) is 0.535. The largest absolute Gasteiger partial charge is 0.497 e. The fraction of sp³-hybridized carbons (Fsp3) is 0.323. The average molecular weight is 514 g/mol. The van der Waals surface area contributed by atoms with Crippen molar-refractivity contribution in [2.75, 3.05) is 20.8 Å². The summed E-state index contributed by atoms with van der Waals surface area (Å²) >= 11 is 0. The van der Waals surface area contributed by atoms with Crippen LogP contribution in [0.3, 0.4) is 0 Å². The van der Waals surface area contributed by atoms with Crippen molar-refractivity contribution in [2.45, 2.75) is 46.1 Å². The van der Waals surface area contributed by atoms with Crippen LogP contribution in [0, 0.1) is 6.92 Å². The van der Waals surface area contributed by atoms with Crippen molar-refractivity contribution in [3.8, 4) is 17.2 Å².